The zero-order chi connectivity index (χ0) is 24.7. The summed E-state index contributed by atoms with van der Waals surface area (Å²) in [6, 6.07) is 3.73. The van der Waals surface area contributed by atoms with Gasteiger partial charge < -0.3 is 36.5 Å². The molecule has 0 saturated carbocycles. The van der Waals surface area contributed by atoms with Crippen LogP contribution in [0.25, 0.3) is 10.9 Å². The number of carboxylic acids is 2. The Hall–Kier alpha value is -4.19. The van der Waals surface area contributed by atoms with Gasteiger partial charge in [0.2, 0.25) is 11.8 Å². The number of carbonyl (C=O) groups excluding carboxylic acids is 2. The number of aromatic nitrogens is 3. The molecule has 0 saturated heterocycles. The maximum Gasteiger partial charge on any atom is 0.326 e. The van der Waals surface area contributed by atoms with Crippen molar-refractivity contribution in [3.05, 3.63) is 54.2 Å². The molecule has 2 amide bonds. The highest BCUT2D eigenvalue weighted by Crippen LogP contribution is 2.19. The monoisotopic (exact) mass is 470 g/mol. The standard InChI is InChI=1S/C22H26N6O6/c23-15(8-13-10-24-11-26-13)20(31)27-17(5-6-19(29)30)21(32)28-18(22(33)34)7-12-9-25-16-4-2-1-3-14(12)16/h1-4,9-11,15,17-18,25H,5-8,23H2,(H,24,26)(H,27,31)(H,28,32)(H,29,30)(H,33,34). The Kier molecular flexibility index (Phi) is 7.98. The van der Waals surface area contributed by atoms with Crippen molar-refractivity contribution >= 4 is 34.7 Å². The van der Waals surface area contributed by atoms with Crippen LogP contribution in [0.3, 0.4) is 0 Å². The summed E-state index contributed by atoms with van der Waals surface area (Å²) in [5.41, 5.74) is 8.03. The average Bonchev–Trinajstić information content (AvgIpc) is 3.45. The number of H-pyrrole nitrogens is 2. The van der Waals surface area contributed by atoms with E-state index in [0.717, 1.165) is 10.9 Å². The highest BCUT2D eigenvalue weighted by molar-refractivity contribution is 5.92. The maximum absolute atomic E-state index is 12.9. The third kappa shape index (κ3) is 6.42. The Morgan fingerprint density at radius 2 is 1.74 bits per heavy atom. The van der Waals surface area contributed by atoms with Gasteiger partial charge in [0.1, 0.15) is 12.1 Å². The minimum absolute atomic E-state index is 0.00990. The molecule has 0 bridgehead atoms. The van der Waals surface area contributed by atoms with Crippen molar-refractivity contribution in [1.29, 1.82) is 0 Å². The van der Waals surface area contributed by atoms with Gasteiger partial charge in [0.05, 0.1) is 12.4 Å². The number of nitrogens with two attached hydrogens (primary N) is 1. The van der Waals surface area contributed by atoms with Gasteiger partial charge in [-0.3, -0.25) is 14.4 Å². The zero-order valence-corrected chi connectivity index (χ0v) is 18.2. The molecule has 0 radical (unpaired) electrons. The number of amides is 2. The topological polar surface area (TPSA) is 203 Å². The maximum atomic E-state index is 12.9. The van der Waals surface area contributed by atoms with Crippen LogP contribution in [-0.2, 0) is 32.0 Å². The number of carboxylic acid groups (broad SMARTS) is 2. The number of imidazole rings is 1. The van der Waals surface area contributed by atoms with Crippen LogP contribution in [0, 0.1) is 0 Å². The molecule has 8 N–H and O–H groups in total. The minimum atomic E-state index is -1.30. The lowest BCUT2D eigenvalue weighted by atomic mass is 10.0. The second kappa shape index (κ2) is 11.1. The van der Waals surface area contributed by atoms with E-state index in [4.69, 9.17) is 10.8 Å². The van der Waals surface area contributed by atoms with E-state index in [9.17, 15) is 24.3 Å². The molecule has 3 unspecified atom stereocenters. The van der Waals surface area contributed by atoms with Crippen molar-refractivity contribution < 1.29 is 29.4 Å². The van der Waals surface area contributed by atoms with E-state index in [1.807, 2.05) is 24.3 Å². The lowest BCUT2D eigenvalue weighted by molar-refractivity contribution is -0.143. The fourth-order valence-electron chi connectivity index (χ4n) is 3.53. The quantitative estimate of drug-likeness (QED) is 0.190. The molecule has 2 aromatic heterocycles. The molecule has 0 aliphatic carbocycles. The third-order valence-corrected chi connectivity index (χ3v) is 5.32. The lowest BCUT2D eigenvalue weighted by Gasteiger charge is -2.22. The summed E-state index contributed by atoms with van der Waals surface area (Å²) < 4.78 is 0. The number of fused-ring (bicyclic) bond motifs is 1. The van der Waals surface area contributed by atoms with E-state index in [0.29, 0.717) is 11.3 Å². The first-order valence-electron chi connectivity index (χ1n) is 10.6. The number of hydrogen-bond acceptors (Lipinski definition) is 6. The smallest absolute Gasteiger partial charge is 0.326 e. The Morgan fingerprint density at radius 1 is 1.00 bits per heavy atom. The van der Waals surface area contributed by atoms with E-state index in [2.05, 4.69) is 25.6 Å². The number of hydrogen-bond donors (Lipinski definition) is 7. The average molecular weight is 470 g/mol. The first kappa shape index (κ1) is 24.5. The molecule has 0 fully saturated rings. The molecule has 180 valence electrons. The summed E-state index contributed by atoms with van der Waals surface area (Å²) in [6.07, 6.45) is 4.08. The summed E-state index contributed by atoms with van der Waals surface area (Å²) in [4.78, 5) is 58.0. The van der Waals surface area contributed by atoms with Gasteiger partial charge in [-0.25, -0.2) is 9.78 Å². The Morgan fingerprint density at radius 3 is 2.41 bits per heavy atom. The number of nitrogens with one attached hydrogen (secondary N) is 4. The number of nitrogens with zero attached hydrogens (tertiary/aromatic N) is 1. The molecule has 12 heteroatoms. The fourth-order valence-corrected chi connectivity index (χ4v) is 3.53. The molecule has 12 nitrogen and oxygen atoms in total. The van der Waals surface area contributed by atoms with E-state index in [1.54, 1.807) is 6.20 Å². The van der Waals surface area contributed by atoms with Crippen molar-refractivity contribution in [2.24, 2.45) is 5.73 Å². The van der Waals surface area contributed by atoms with Gasteiger partial charge in [-0.2, -0.15) is 0 Å². The molecule has 0 spiro atoms. The summed E-state index contributed by atoms with van der Waals surface area (Å²) in [5, 5.41) is 24.4. The van der Waals surface area contributed by atoms with Crippen LogP contribution in [0.5, 0.6) is 0 Å². The van der Waals surface area contributed by atoms with Crippen LogP contribution in [0.4, 0.5) is 0 Å². The second-order valence-electron chi connectivity index (χ2n) is 7.84. The number of benzene rings is 1. The highest BCUT2D eigenvalue weighted by Gasteiger charge is 2.29. The van der Waals surface area contributed by atoms with Crippen LogP contribution in [-0.4, -0.2) is 67.0 Å². The largest absolute Gasteiger partial charge is 0.481 e. The van der Waals surface area contributed by atoms with Gasteiger partial charge in [0.25, 0.3) is 0 Å². The second-order valence-corrected chi connectivity index (χ2v) is 7.84. The predicted octanol–water partition coefficient (Wildman–Crippen LogP) is -0.0775. The molecular weight excluding hydrogens is 444 g/mol. The minimum Gasteiger partial charge on any atom is -0.481 e. The Labute approximate surface area is 193 Å². The molecule has 3 rings (SSSR count). The van der Waals surface area contributed by atoms with Gasteiger partial charge in [0, 0.05) is 48.3 Å². The van der Waals surface area contributed by atoms with Crippen molar-refractivity contribution in [3.63, 3.8) is 0 Å². The van der Waals surface area contributed by atoms with Crippen LogP contribution in [0.1, 0.15) is 24.1 Å². The predicted molar refractivity (Wildman–Crippen MR) is 121 cm³/mol. The molecule has 0 aliphatic rings. The van der Waals surface area contributed by atoms with Crippen molar-refractivity contribution in [2.75, 3.05) is 0 Å². The molecular formula is C22H26N6O6. The molecule has 2 heterocycles. The number of rotatable bonds is 12. The van der Waals surface area contributed by atoms with Crippen LogP contribution in [0.2, 0.25) is 0 Å². The normalized spacial score (nSPS) is 13.7. The summed E-state index contributed by atoms with van der Waals surface area (Å²) in [6.45, 7) is 0. The van der Waals surface area contributed by atoms with Gasteiger partial charge in [-0.15, -0.1) is 0 Å². The van der Waals surface area contributed by atoms with E-state index < -0.39 is 48.3 Å². The van der Waals surface area contributed by atoms with Crippen molar-refractivity contribution in [1.82, 2.24) is 25.6 Å². The molecule has 0 aliphatic heterocycles. The Balaban J connectivity index is 1.69. The van der Waals surface area contributed by atoms with Crippen molar-refractivity contribution in [3.8, 4) is 0 Å². The van der Waals surface area contributed by atoms with Crippen molar-refractivity contribution in [2.45, 2.75) is 43.8 Å². The summed E-state index contributed by atoms with van der Waals surface area (Å²) in [7, 11) is 0. The highest BCUT2D eigenvalue weighted by atomic mass is 16.4. The number of carbonyl (C=O) groups is 4. The van der Waals surface area contributed by atoms with Gasteiger partial charge in [-0.1, -0.05) is 18.2 Å². The molecule has 34 heavy (non-hydrogen) atoms. The third-order valence-electron chi connectivity index (χ3n) is 5.32. The lowest BCUT2D eigenvalue weighted by Crippen LogP contribution is -2.55. The number of aliphatic carboxylic acids is 2. The van der Waals surface area contributed by atoms with Gasteiger partial charge in [0.15, 0.2) is 0 Å². The number of para-hydroxylation sites is 1. The van der Waals surface area contributed by atoms with Gasteiger partial charge in [-0.05, 0) is 18.1 Å². The van der Waals surface area contributed by atoms with Crippen LogP contribution < -0.4 is 16.4 Å². The van der Waals surface area contributed by atoms with Crippen LogP contribution >= 0.6 is 0 Å². The van der Waals surface area contributed by atoms with E-state index in [-0.39, 0.29) is 19.3 Å². The van der Waals surface area contributed by atoms with E-state index >= 15 is 0 Å². The number of aromatic amines is 2. The van der Waals surface area contributed by atoms with E-state index in [1.165, 1.54) is 12.5 Å². The van der Waals surface area contributed by atoms with Gasteiger partial charge >= 0.3 is 11.9 Å². The molecule has 3 atom stereocenters. The first-order chi connectivity index (χ1) is 16.2. The summed E-state index contributed by atoms with van der Waals surface area (Å²) >= 11 is 0. The first-order valence-corrected chi connectivity index (χ1v) is 10.6. The summed E-state index contributed by atoms with van der Waals surface area (Å²) in [5.74, 6) is -3.92. The van der Waals surface area contributed by atoms with Crippen LogP contribution in [0.15, 0.2) is 43.0 Å². The SMILES string of the molecule is NC(Cc1cnc[nH]1)C(=O)NC(CCC(=O)O)C(=O)NC(Cc1c[nH]c2ccccc12)C(=O)O. The fraction of sp³-hybridized carbons (Fsp3) is 0.318. The zero-order valence-electron chi connectivity index (χ0n) is 18.2. The molecule has 1 aromatic carbocycles. The Bertz CT molecular complexity index is 1160. The molecule has 3 aromatic rings.